The van der Waals surface area contributed by atoms with Gasteiger partial charge in [0.2, 0.25) is 0 Å². The van der Waals surface area contributed by atoms with Crippen LogP contribution in [0.4, 0.5) is 14.9 Å². The third-order valence-corrected chi connectivity index (χ3v) is 2.51. The molecule has 110 valence electrons. The zero-order chi connectivity index (χ0) is 15.4. The van der Waals surface area contributed by atoms with Crippen LogP contribution in [-0.2, 0) is 13.6 Å². The first-order valence-corrected chi connectivity index (χ1v) is 5.88. The van der Waals surface area contributed by atoms with E-state index in [0.717, 1.165) is 12.1 Å². The first kappa shape index (κ1) is 14.4. The molecule has 0 aliphatic carbocycles. The second kappa shape index (κ2) is 5.99. The van der Waals surface area contributed by atoms with E-state index in [1.54, 1.807) is 7.05 Å². The van der Waals surface area contributed by atoms with Crippen molar-refractivity contribution in [3.05, 3.63) is 41.7 Å². The maximum absolute atomic E-state index is 13.2. The zero-order valence-corrected chi connectivity index (χ0v) is 11.0. The lowest BCUT2D eigenvalue weighted by atomic mass is 10.2. The number of nitrogens with one attached hydrogen (secondary N) is 2. The van der Waals surface area contributed by atoms with Gasteiger partial charge in [-0.25, -0.2) is 19.0 Å². The van der Waals surface area contributed by atoms with Crippen LogP contribution in [0.3, 0.4) is 0 Å². The number of carbonyl (C=O) groups excluding carboxylic acids is 1. The summed E-state index contributed by atoms with van der Waals surface area (Å²) in [5.41, 5.74) is -0.348. The number of carboxylic acids is 1. The van der Waals surface area contributed by atoms with Gasteiger partial charge in [0.05, 0.1) is 12.1 Å². The van der Waals surface area contributed by atoms with Crippen LogP contribution < -0.4 is 10.6 Å². The molecule has 8 nitrogen and oxygen atoms in total. The molecule has 0 spiro atoms. The third kappa shape index (κ3) is 3.75. The summed E-state index contributed by atoms with van der Waals surface area (Å²) in [6, 6.07) is 2.70. The minimum Gasteiger partial charge on any atom is -0.478 e. The number of carbonyl (C=O) groups is 2. The topological polar surface area (TPSA) is 109 Å². The molecule has 0 aliphatic rings. The number of urea groups is 1. The van der Waals surface area contributed by atoms with E-state index in [2.05, 4.69) is 20.7 Å². The van der Waals surface area contributed by atoms with Gasteiger partial charge in [-0.05, 0) is 18.2 Å². The van der Waals surface area contributed by atoms with Gasteiger partial charge in [0.25, 0.3) is 0 Å². The summed E-state index contributed by atoms with van der Waals surface area (Å²) < 4.78 is 14.7. The maximum atomic E-state index is 13.2. The van der Waals surface area contributed by atoms with E-state index in [4.69, 9.17) is 5.11 Å². The van der Waals surface area contributed by atoms with Crippen molar-refractivity contribution in [2.24, 2.45) is 7.05 Å². The Balaban J connectivity index is 1.96. The number of nitrogens with zero attached hydrogens (tertiary/aromatic N) is 3. The quantitative estimate of drug-likeness (QED) is 0.778. The Morgan fingerprint density at radius 1 is 1.43 bits per heavy atom. The van der Waals surface area contributed by atoms with E-state index in [1.165, 1.54) is 17.1 Å². The molecule has 0 saturated carbocycles. The fraction of sp³-hybridized carbons (Fsp3) is 0.167. The number of amides is 2. The van der Waals surface area contributed by atoms with Gasteiger partial charge >= 0.3 is 12.0 Å². The summed E-state index contributed by atoms with van der Waals surface area (Å²) in [6.45, 7) is 0.111. The molecule has 21 heavy (non-hydrogen) atoms. The number of rotatable bonds is 4. The highest BCUT2D eigenvalue weighted by Gasteiger charge is 2.12. The molecule has 0 saturated heterocycles. The van der Waals surface area contributed by atoms with Crippen LogP contribution in [0.5, 0.6) is 0 Å². The van der Waals surface area contributed by atoms with E-state index in [1.807, 2.05) is 0 Å². The lowest BCUT2D eigenvalue weighted by Crippen LogP contribution is -2.28. The Bertz CT molecular complexity index is 685. The first-order chi connectivity index (χ1) is 9.95. The van der Waals surface area contributed by atoms with Crippen LogP contribution in [0.15, 0.2) is 24.5 Å². The number of aromatic nitrogens is 3. The Labute approximate surface area is 118 Å². The van der Waals surface area contributed by atoms with Crippen LogP contribution in [0.2, 0.25) is 0 Å². The van der Waals surface area contributed by atoms with Crippen LogP contribution in [0.25, 0.3) is 0 Å². The van der Waals surface area contributed by atoms with Crippen molar-refractivity contribution in [3.63, 3.8) is 0 Å². The predicted molar refractivity (Wildman–Crippen MR) is 70.2 cm³/mol. The van der Waals surface area contributed by atoms with Gasteiger partial charge in [-0.1, -0.05) is 0 Å². The molecule has 2 amide bonds. The largest absolute Gasteiger partial charge is 0.478 e. The fourth-order valence-corrected chi connectivity index (χ4v) is 1.57. The molecule has 9 heteroatoms. The molecule has 1 aromatic heterocycles. The summed E-state index contributed by atoms with van der Waals surface area (Å²) in [5, 5.41) is 17.7. The van der Waals surface area contributed by atoms with Crippen LogP contribution in [0, 0.1) is 5.82 Å². The van der Waals surface area contributed by atoms with E-state index in [-0.39, 0.29) is 12.2 Å². The Kier molecular flexibility index (Phi) is 4.12. The van der Waals surface area contributed by atoms with Crippen molar-refractivity contribution in [1.82, 2.24) is 20.1 Å². The molecular formula is C12H12FN5O3. The normalized spacial score (nSPS) is 10.2. The average Bonchev–Trinajstić information content (AvgIpc) is 2.84. The SMILES string of the molecule is Cn1cnc(CNC(=O)Nc2ccc(F)c(C(=O)O)c2)n1. The predicted octanol–water partition coefficient (Wildman–Crippen LogP) is 0.974. The summed E-state index contributed by atoms with van der Waals surface area (Å²) in [5.74, 6) is -1.85. The second-order valence-electron chi connectivity index (χ2n) is 4.14. The lowest BCUT2D eigenvalue weighted by molar-refractivity contribution is 0.0692. The van der Waals surface area contributed by atoms with E-state index in [9.17, 15) is 14.0 Å². The minimum absolute atomic E-state index is 0.111. The van der Waals surface area contributed by atoms with Crippen molar-refractivity contribution >= 4 is 17.7 Å². The van der Waals surface area contributed by atoms with Crippen molar-refractivity contribution in [2.45, 2.75) is 6.54 Å². The minimum atomic E-state index is -1.41. The molecule has 0 fully saturated rings. The maximum Gasteiger partial charge on any atom is 0.338 e. The lowest BCUT2D eigenvalue weighted by Gasteiger charge is -2.07. The molecule has 0 unspecified atom stereocenters. The summed E-state index contributed by atoms with van der Waals surface area (Å²) >= 11 is 0. The fourth-order valence-electron chi connectivity index (χ4n) is 1.57. The summed E-state index contributed by atoms with van der Waals surface area (Å²) in [7, 11) is 1.70. The highest BCUT2D eigenvalue weighted by molar-refractivity contribution is 5.93. The number of anilines is 1. The molecular weight excluding hydrogens is 281 g/mol. The monoisotopic (exact) mass is 293 g/mol. The number of hydrogen-bond acceptors (Lipinski definition) is 4. The second-order valence-corrected chi connectivity index (χ2v) is 4.14. The zero-order valence-electron chi connectivity index (χ0n) is 11.0. The van der Waals surface area contributed by atoms with Crippen LogP contribution in [0.1, 0.15) is 16.2 Å². The van der Waals surface area contributed by atoms with Gasteiger partial charge in [0.15, 0.2) is 5.82 Å². The van der Waals surface area contributed by atoms with Gasteiger partial charge in [-0.2, -0.15) is 5.10 Å². The van der Waals surface area contributed by atoms with E-state index < -0.39 is 23.4 Å². The number of hydrogen-bond donors (Lipinski definition) is 3. The summed E-state index contributed by atoms with van der Waals surface area (Å²) in [4.78, 5) is 26.3. The van der Waals surface area contributed by atoms with Crippen LogP contribution in [-0.4, -0.2) is 31.9 Å². The van der Waals surface area contributed by atoms with E-state index in [0.29, 0.717) is 5.82 Å². The smallest absolute Gasteiger partial charge is 0.338 e. The number of aromatic carboxylic acids is 1. The molecule has 0 radical (unpaired) electrons. The molecule has 0 aliphatic heterocycles. The van der Waals surface area contributed by atoms with Gasteiger partial charge in [0.1, 0.15) is 12.1 Å². The first-order valence-electron chi connectivity index (χ1n) is 5.88. The highest BCUT2D eigenvalue weighted by Crippen LogP contribution is 2.14. The molecule has 2 rings (SSSR count). The molecule has 2 aromatic rings. The van der Waals surface area contributed by atoms with Gasteiger partial charge < -0.3 is 15.7 Å². The molecule has 1 aromatic carbocycles. The Hall–Kier alpha value is -2.97. The number of aryl methyl sites for hydroxylation is 1. The Morgan fingerprint density at radius 2 is 2.19 bits per heavy atom. The van der Waals surface area contributed by atoms with Crippen molar-refractivity contribution in [3.8, 4) is 0 Å². The van der Waals surface area contributed by atoms with E-state index >= 15 is 0 Å². The Morgan fingerprint density at radius 3 is 2.81 bits per heavy atom. The van der Waals surface area contributed by atoms with Crippen molar-refractivity contribution < 1.29 is 19.1 Å². The van der Waals surface area contributed by atoms with Gasteiger partial charge in [-0.3, -0.25) is 4.68 Å². The standard InChI is InChI=1S/C12H12FN5O3/c1-18-6-15-10(17-18)5-14-12(21)16-7-2-3-9(13)8(4-7)11(19)20/h2-4,6H,5H2,1H3,(H,19,20)(H2,14,16,21). The number of carboxylic acid groups (broad SMARTS) is 1. The highest BCUT2D eigenvalue weighted by atomic mass is 19.1. The molecule has 1 heterocycles. The molecule has 0 bridgehead atoms. The summed E-state index contributed by atoms with van der Waals surface area (Å²) in [6.07, 6.45) is 1.49. The average molecular weight is 293 g/mol. The van der Waals surface area contributed by atoms with Gasteiger partial charge in [-0.15, -0.1) is 0 Å². The van der Waals surface area contributed by atoms with Crippen molar-refractivity contribution in [2.75, 3.05) is 5.32 Å². The number of benzene rings is 1. The van der Waals surface area contributed by atoms with Crippen LogP contribution >= 0.6 is 0 Å². The molecule has 0 atom stereocenters. The molecule has 3 N–H and O–H groups in total. The van der Waals surface area contributed by atoms with Gasteiger partial charge in [0, 0.05) is 12.7 Å². The number of halogens is 1. The third-order valence-electron chi connectivity index (χ3n) is 2.51. The van der Waals surface area contributed by atoms with Crippen molar-refractivity contribution in [1.29, 1.82) is 0 Å².